The van der Waals surface area contributed by atoms with Crippen molar-refractivity contribution in [2.24, 2.45) is 0 Å². The molecule has 13 heteroatoms. The highest BCUT2D eigenvalue weighted by Crippen LogP contribution is 2.31. The summed E-state index contributed by atoms with van der Waals surface area (Å²) in [6.45, 7) is 3.35. The number of thioether (sulfide) groups is 1. The highest BCUT2D eigenvalue weighted by molar-refractivity contribution is 7.99. The first-order chi connectivity index (χ1) is 19.4. The monoisotopic (exact) mass is 617 g/mol. The summed E-state index contributed by atoms with van der Waals surface area (Å²) < 4.78 is 36.0. The van der Waals surface area contributed by atoms with Gasteiger partial charge >= 0.3 is 0 Å². The zero-order valence-electron chi connectivity index (χ0n) is 21.7. The minimum absolute atomic E-state index is 0.0300. The number of ether oxygens (including phenoxy) is 1. The Labute approximate surface area is 246 Å². The van der Waals surface area contributed by atoms with E-state index in [4.69, 9.17) is 16.3 Å². The number of halogens is 1. The maximum atomic E-state index is 13.4. The molecule has 0 spiro atoms. The number of thiophene rings is 1. The number of carbonyl (C=O) groups excluding carboxylic acids is 1. The number of benzene rings is 2. The van der Waals surface area contributed by atoms with Gasteiger partial charge in [0.1, 0.15) is 0 Å². The van der Waals surface area contributed by atoms with Gasteiger partial charge in [-0.15, -0.1) is 21.5 Å². The first-order valence-electron chi connectivity index (χ1n) is 12.8. The van der Waals surface area contributed by atoms with Crippen LogP contribution in [0, 0.1) is 0 Å². The molecule has 0 bridgehead atoms. The third-order valence-electron chi connectivity index (χ3n) is 6.33. The van der Waals surface area contributed by atoms with Crippen LogP contribution in [-0.2, 0) is 26.1 Å². The zero-order valence-corrected chi connectivity index (χ0v) is 24.9. The van der Waals surface area contributed by atoms with Crippen LogP contribution in [0.2, 0.25) is 5.02 Å². The Morgan fingerprint density at radius 1 is 1.20 bits per heavy atom. The van der Waals surface area contributed by atoms with Crippen molar-refractivity contribution in [3.8, 4) is 10.7 Å². The lowest BCUT2D eigenvalue weighted by Crippen LogP contribution is -2.30. The third kappa shape index (κ3) is 6.36. The highest BCUT2D eigenvalue weighted by Gasteiger charge is 2.25. The Morgan fingerprint density at radius 2 is 2.02 bits per heavy atom. The van der Waals surface area contributed by atoms with Crippen molar-refractivity contribution < 1.29 is 17.9 Å². The lowest BCUT2D eigenvalue weighted by molar-refractivity contribution is -0.113. The molecule has 1 saturated heterocycles. The lowest BCUT2D eigenvalue weighted by Gasteiger charge is -2.23. The van der Waals surface area contributed by atoms with Crippen molar-refractivity contribution in [2.75, 3.05) is 28.5 Å². The Bertz CT molecular complexity index is 1560. The van der Waals surface area contributed by atoms with E-state index >= 15 is 0 Å². The molecule has 0 radical (unpaired) electrons. The number of hydrogen-bond acceptors (Lipinski definition) is 8. The number of nitrogens with one attached hydrogen (secondary N) is 1. The lowest BCUT2D eigenvalue weighted by atomic mass is 10.2. The van der Waals surface area contributed by atoms with Crippen molar-refractivity contribution >= 4 is 62.0 Å². The van der Waals surface area contributed by atoms with E-state index in [1.807, 2.05) is 28.1 Å². The standard InChI is InChI=1S/C27H28ClN5O4S3/c1-2-33(19-8-4-3-5-9-19)40(35,36)21-12-13-22(28)23(16-21)29-25(34)18-39-27-31-30-26(24-11-7-15-38-24)32(27)17-20-10-6-14-37-20/h3-5,7-9,11-13,15-16,20H,2,6,10,14,17-18H2,1H3,(H,29,34)/t20-/m0/s1. The van der Waals surface area contributed by atoms with E-state index in [0.717, 1.165) is 30.2 Å². The number of rotatable bonds is 11. The number of carbonyl (C=O) groups is 1. The van der Waals surface area contributed by atoms with Crippen LogP contribution < -0.4 is 9.62 Å². The van der Waals surface area contributed by atoms with Crippen LogP contribution in [-0.4, -0.2) is 54.1 Å². The summed E-state index contributed by atoms with van der Waals surface area (Å²) in [5.41, 5.74) is 0.772. The van der Waals surface area contributed by atoms with E-state index in [9.17, 15) is 13.2 Å². The summed E-state index contributed by atoms with van der Waals surface area (Å²) in [4.78, 5) is 14.0. The second kappa shape index (κ2) is 12.7. The topological polar surface area (TPSA) is 106 Å². The quantitative estimate of drug-likeness (QED) is 0.213. The predicted molar refractivity (Wildman–Crippen MR) is 160 cm³/mol. The normalized spacial score (nSPS) is 15.3. The Morgan fingerprint density at radius 3 is 2.73 bits per heavy atom. The largest absolute Gasteiger partial charge is 0.376 e. The Kier molecular flexibility index (Phi) is 9.11. The van der Waals surface area contributed by atoms with Gasteiger partial charge in [-0.2, -0.15) is 0 Å². The summed E-state index contributed by atoms with van der Waals surface area (Å²) in [6, 6.07) is 17.1. The fraction of sp³-hybridized carbons (Fsp3) is 0.296. The number of amides is 1. The van der Waals surface area contributed by atoms with Crippen molar-refractivity contribution in [3.63, 3.8) is 0 Å². The van der Waals surface area contributed by atoms with Crippen molar-refractivity contribution in [2.45, 2.75) is 42.5 Å². The van der Waals surface area contributed by atoms with Crippen LogP contribution in [0.15, 0.2) is 76.1 Å². The van der Waals surface area contributed by atoms with Gasteiger partial charge in [0.05, 0.1) is 44.6 Å². The van der Waals surface area contributed by atoms with Gasteiger partial charge < -0.3 is 10.1 Å². The molecule has 0 unspecified atom stereocenters. The molecular formula is C27H28ClN5O4S3. The second-order valence-electron chi connectivity index (χ2n) is 9.01. The molecule has 2 aromatic heterocycles. The van der Waals surface area contributed by atoms with Crippen molar-refractivity contribution in [1.82, 2.24) is 14.8 Å². The van der Waals surface area contributed by atoms with Gasteiger partial charge in [0.2, 0.25) is 5.91 Å². The van der Waals surface area contributed by atoms with Crippen LogP contribution in [0.5, 0.6) is 0 Å². The SMILES string of the molecule is CCN(c1ccccc1)S(=O)(=O)c1ccc(Cl)c(NC(=O)CSc2nnc(-c3cccs3)n2C[C@@H]2CCCO2)c1. The number of aromatic nitrogens is 3. The van der Waals surface area contributed by atoms with Gasteiger partial charge in [-0.05, 0) is 61.5 Å². The first kappa shape index (κ1) is 28.6. The fourth-order valence-corrected chi connectivity index (χ4v) is 7.56. The Hall–Kier alpha value is -2.90. The molecule has 40 heavy (non-hydrogen) atoms. The average Bonchev–Trinajstić information content (AvgIpc) is 3.73. The maximum absolute atomic E-state index is 13.4. The molecule has 1 N–H and O–H groups in total. The summed E-state index contributed by atoms with van der Waals surface area (Å²) in [7, 11) is -3.88. The van der Waals surface area contributed by atoms with E-state index in [2.05, 4.69) is 15.5 Å². The second-order valence-corrected chi connectivity index (χ2v) is 13.2. The fourth-order valence-electron chi connectivity index (χ4n) is 4.43. The van der Waals surface area contributed by atoms with E-state index in [1.165, 1.54) is 34.3 Å². The van der Waals surface area contributed by atoms with Gasteiger partial charge in [-0.25, -0.2) is 8.42 Å². The molecule has 1 atom stereocenters. The smallest absolute Gasteiger partial charge is 0.264 e. The average molecular weight is 618 g/mol. The number of hydrogen-bond donors (Lipinski definition) is 1. The van der Waals surface area contributed by atoms with Gasteiger partial charge in [0.15, 0.2) is 11.0 Å². The number of para-hydroxylation sites is 1. The molecule has 9 nitrogen and oxygen atoms in total. The van der Waals surface area contributed by atoms with Crippen LogP contribution in [0.4, 0.5) is 11.4 Å². The molecule has 1 amide bonds. The molecule has 4 aromatic rings. The summed E-state index contributed by atoms with van der Waals surface area (Å²) in [5.74, 6) is 0.432. The molecule has 1 aliphatic rings. The van der Waals surface area contributed by atoms with Crippen LogP contribution in [0.25, 0.3) is 10.7 Å². The molecule has 2 aromatic carbocycles. The summed E-state index contributed by atoms with van der Waals surface area (Å²) in [5, 5.41) is 14.3. The third-order valence-corrected chi connectivity index (χ3v) is 10.4. The molecule has 0 saturated carbocycles. The molecule has 1 aliphatic heterocycles. The molecular weight excluding hydrogens is 590 g/mol. The van der Waals surface area contributed by atoms with Crippen LogP contribution >= 0.6 is 34.7 Å². The summed E-state index contributed by atoms with van der Waals surface area (Å²) in [6.07, 6.45) is 2.05. The molecule has 5 rings (SSSR count). The van der Waals surface area contributed by atoms with Crippen LogP contribution in [0.1, 0.15) is 19.8 Å². The van der Waals surface area contributed by atoms with Crippen molar-refractivity contribution in [3.05, 3.63) is 71.1 Å². The first-order valence-corrected chi connectivity index (χ1v) is 16.4. The number of sulfonamides is 1. The van der Waals surface area contributed by atoms with E-state index in [-0.39, 0.29) is 39.9 Å². The molecule has 210 valence electrons. The van der Waals surface area contributed by atoms with Crippen LogP contribution in [0.3, 0.4) is 0 Å². The van der Waals surface area contributed by atoms with Gasteiger partial charge in [-0.3, -0.25) is 13.7 Å². The minimum Gasteiger partial charge on any atom is -0.376 e. The van der Waals surface area contributed by atoms with Gasteiger partial charge in [0, 0.05) is 13.2 Å². The maximum Gasteiger partial charge on any atom is 0.264 e. The molecule has 0 aliphatic carbocycles. The minimum atomic E-state index is -3.88. The molecule has 1 fully saturated rings. The number of anilines is 2. The van der Waals surface area contributed by atoms with Crippen molar-refractivity contribution in [1.29, 1.82) is 0 Å². The highest BCUT2D eigenvalue weighted by atomic mass is 35.5. The predicted octanol–water partition coefficient (Wildman–Crippen LogP) is 5.79. The van der Waals surface area contributed by atoms with E-state index in [0.29, 0.717) is 17.4 Å². The molecule has 3 heterocycles. The zero-order chi connectivity index (χ0) is 28.1. The Balaban J connectivity index is 1.31. The van der Waals surface area contributed by atoms with E-state index < -0.39 is 10.0 Å². The summed E-state index contributed by atoms with van der Waals surface area (Å²) >= 11 is 9.18. The number of nitrogens with zero attached hydrogens (tertiary/aromatic N) is 4. The van der Waals surface area contributed by atoms with Gasteiger partial charge in [-0.1, -0.05) is 47.6 Å². The van der Waals surface area contributed by atoms with Gasteiger partial charge in [0.25, 0.3) is 10.0 Å². The van der Waals surface area contributed by atoms with E-state index in [1.54, 1.807) is 42.5 Å².